The minimum Gasteiger partial charge on any atom is -0.464 e. The van der Waals surface area contributed by atoms with E-state index in [1.807, 2.05) is 6.92 Å². The average molecular weight is 702 g/mol. The van der Waals surface area contributed by atoms with Gasteiger partial charge >= 0.3 is 5.97 Å². The fourth-order valence-corrected chi connectivity index (χ4v) is 6.59. The van der Waals surface area contributed by atoms with E-state index in [0.29, 0.717) is 49.9 Å². The molecular formula is C36H52FN5O8. The Labute approximate surface area is 293 Å². The predicted octanol–water partition coefficient (Wildman–Crippen LogP) is 3.74. The van der Waals surface area contributed by atoms with E-state index < -0.39 is 11.4 Å². The van der Waals surface area contributed by atoms with Crippen molar-refractivity contribution in [3.05, 3.63) is 57.1 Å². The maximum absolute atomic E-state index is 13.7. The Morgan fingerprint density at radius 1 is 1.10 bits per heavy atom. The molecule has 13 nitrogen and oxygen atoms in total. The molecule has 1 aromatic carbocycles. The summed E-state index contributed by atoms with van der Waals surface area (Å²) in [6.07, 6.45) is 3.95. The van der Waals surface area contributed by atoms with Crippen molar-refractivity contribution in [1.82, 2.24) is 24.9 Å². The zero-order valence-corrected chi connectivity index (χ0v) is 29.6. The highest BCUT2D eigenvalue weighted by Gasteiger charge is 2.33. The number of piperidine rings is 1. The van der Waals surface area contributed by atoms with Gasteiger partial charge in [-0.3, -0.25) is 19.0 Å². The van der Waals surface area contributed by atoms with Crippen LogP contribution in [0.15, 0.2) is 27.5 Å². The van der Waals surface area contributed by atoms with Gasteiger partial charge in [0.1, 0.15) is 24.9 Å². The van der Waals surface area contributed by atoms with Gasteiger partial charge in [-0.15, -0.1) is 0 Å². The Balaban J connectivity index is 0.00000583. The summed E-state index contributed by atoms with van der Waals surface area (Å²) < 4.78 is 42.0. The summed E-state index contributed by atoms with van der Waals surface area (Å²) in [7, 11) is 1.59. The largest absolute Gasteiger partial charge is 0.464 e. The number of hydrogen-bond donors (Lipinski definition) is 1. The second-order valence-electron chi connectivity index (χ2n) is 13.8. The van der Waals surface area contributed by atoms with Gasteiger partial charge in [0.25, 0.3) is 5.56 Å². The summed E-state index contributed by atoms with van der Waals surface area (Å²) in [5.74, 6) is -0.399. The number of halogens is 1. The number of hydrogen-bond acceptors (Lipinski definition) is 11. The molecule has 0 aliphatic carbocycles. The topological polar surface area (TPSA) is 147 Å². The number of amides is 1. The predicted molar refractivity (Wildman–Crippen MR) is 185 cm³/mol. The number of benzene rings is 1. The monoisotopic (exact) mass is 701 g/mol. The fraction of sp³-hybridized carbons (Fsp3) is 0.639. The SMILES string of the molecule is COCCOCCOCC(=O)NCC(C)(C)C(=O)OCC1CCCn2c1nc(C)c(CCN1CCC(c3noc4cc(F)ccc34)CC1)c2=O.[HH]. The van der Waals surface area contributed by atoms with Crippen LogP contribution in [0.4, 0.5) is 4.39 Å². The molecule has 2 aromatic heterocycles. The molecule has 2 aliphatic heterocycles. The smallest absolute Gasteiger partial charge is 0.313 e. The minimum absolute atomic E-state index is 0. The highest BCUT2D eigenvalue weighted by Crippen LogP contribution is 2.33. The fourth-order valence-electron chi connectivity index (χ4n) is 6.59. The summed E-state index contributed by atoms with van der Waals surface area (Å²) in [6, 6.07) is 4.55. The number of methoxy groups -OCH3 is 1. The number of carbonyl (C=O) groups excluding carboxylic acids is 2. The molecule has 0 radical (unpaired) electrons. The Kier molecular flexibility index (Phi) is 13.1. The Bertz CT molecular complexity index is 1670. The maximum atomic E-state index is 13.7. The molecule has 3 aromatic rings. The van der Waals surface area contributed by atoms with Gasteiger partial charge < -0.3 is 33.7 Å². The van der Waals surface area contributed by atoms with Crippen LogP contribution in [-0.2, 0) is 41.5 Å². The molecule has 1 unspecified atom stereocenters. The van der Waals surface area contributed by atoms with Crippen LogP contribution in [0, 0.1) is 18.2 Å². The lowest BCUT2D eigenvalue weighted by Crippen LogP contribution is -2.42. The highest BCUT2D eigenvalue weighted by molar-refractivity contribution is 5.80. The van der Waals surface area contributed by atoms with Crippen molar-refractivity contribution < 1.29 is 38.9 Å². The van der Waals surface area contributed by atoms with E-state index >= 15 is 0 Å². The number of nitrogens with zero attached hydrogens (tertiary/aromatic N) is 4. The van der Waals surface area contributed by atoms with Crippen molar-refractivity contribution in [1.29, 1.82) is 0 Å². The molecule has 14 heteroatoms. The normalized spacial score (nSPS) is 17.2. The minimum atomic E-state index is -0.961. The number of likely N-dealkylation sites (tertiary alicyclic amines) is 1. The van der Waals surface area contributed by atoms with E-state index in [9.17, 15) is 18.8 Å². The van der Waals surface area contributed by atoms with E-state index in [1.165, 1.54) is 12.1 Å². The number of fused-ring (bicyclic) bond motifs is 2. The van der Waals surface area contributed by atoms with E-state index in [4.69, 9.17) is 28.5 Å². The summed E-state index contributed by atoms with van der Waals surface area (Å²) in [5.41, 5.74) is 1.81. The maximum Gasteiger partial charge on any atom is 0.313 e. The number of rotatable bonds is 17. The third-order valence-corrected chi connectivity index (χ3v) is 9.65. The molecule has 0 spiro atoms. The van der Waals surface area contributed by atoms with Gasteiger partial charge in [-0.1, -0.05) is 5.16 Å². The number of carbonyl (C=O) groups is 2. The lowest BCUT2D eigenvalue weighted by atomic mass is 9.91. The van der Waals surface area contributed by atoms with Crippen LogP contribution in [-0.4, -0.2) is 104 Å². The summed E-state index contributed by atoms with van der Waals surface area (Å²) >= 11 is 0. The molecule has 50 heavy (non-hydrogen) atoms. The first-order valence-electron chi connectivity index (χ1n) is 17.5. The van der Waals surface area contributed by atoms with E-state index in [2.05, 4.69) is 15.4 Å². The molecule has 0 bridgehead atoms. The number of nitrogens with one attached hydrogen (secondary N) is 1. The van der Waals surface area contributed by atoms with Crippen molar-refractivity contribution in [2.45, 2.75) is 71.3 Å². The van der Waals surface area contributed by atoms with Crippen LogP contribution < -0.4 is 10.9 Å². The molecule has 2 aliphatic rings. The zero-order chi connectivity index (χ0) is 35.7. The molecule has 1 fully saturated rings. The average Bonchev–Trinajstić information content (AvgIpc) is 3.52. The second kappa shape index (κ2) is 17.5. The van der Waals surface area contributed by atoms with Crippen molar-refractivity contribution in [2.24, 2.45) is 5.41 Å². The van der Waals surface area contributed by atoms with Gasteiger partial charge in [-0.2, -0.15) is 0 Å². The standard InChI is InChI=1S/C36H50FN5O8.H2/c1-24-28(11-15-41-13-9-25(10-14-41)32-29-8-7-27(37)20-30(29)50-40-32)34(44)42-12-5-6-26(33(42)39-24)21-49-35(45)36(2,3)23-38-31(43)22-48-19-18-47-17-16-46-4;/h7-8,20,25-26H,5-6,9-19,21-23H2,1-4H3,(H,38,43);1H. The van der Waals surface area contributed by atoms with Gasteiger partial charge in [-0.25, -0.2) is 9.37 Å². The number of esters is 1. The van der Waals surface area contributed by atoms with Crippen LogP contribution >= 0.6 is 0 Å². The molecule has 1 atom stereocenters. The highest BCUT2D eigenvalue weighted by atomic mass is 19.1. The van der Waals surface area contributed by atoms with Crippen molar-refractivity contribution >= 4 is 22.8 Å². The van der Waals surface area contributed by atoms with Gasteiger partial charge in [0.05, 0.1) is 43.5 Å². The quantitative estimate of drug-likeness (QED) is 0.162. The molecule has 5 rings (SSSR count). The molecule has 1 N–H and O–H groups in total. The Hall–Kier alpha value is -3.72. The Morgan fingerprint density at radius 2 is 1.86 bits per heavy atom. The molecule has 0 saturated carbocycles. The van der Waals surface area contributed by atoms with Crippen LogP contribution in [0.3, 0.4) is 0 Å². The summed E-state index contributed by atoms with van der Waals surface area (Å²) in [6.45, 7) is 10.0. The molecule has 1 saturated heterocycles. The first-order chi connectivity index (χ1) is 24.1. The molecular weight excluding hydrogens is 649 g/mol. The number of ether oxygens (including phenoxy) is 4. The van der Waals surface area contributed by atoms with E-state index in [1.54, 1.807) is 31.6 Å². The summed E-state index contributed by atoms with van der Waals surface area (Å²) in [4.78, 5) is 46.2. The van der Waals surface area contributed by atoms with Gasteiger partial charge in [0, 0.05) is 56.8 Å². The van der Waals surface area contributed by atoms with Crippen LogP contribution in [0.1, 0.15) is 75.6 Å². The lowest BCUT2D eigenvalue weighted by Gasteiger charge is -2.31. The van der Waals surface area contributed by atoms with Crippen molar-refractivity contribution in [3.63, 3.8) is 0 Å². The first kappa shape index (κ1) is 37.5. The number of aryl methyl sites for hydroxylation is 1. The van der Waals surface area contributed by atoms with Crippen molar-refractivity contribution in [2.75, 3.05) is 72.9 Å². The van der Waals surface area contributed by atoms with Gasteiger partial charge in [0.2, 0.25) is 5.91 Å². The van der Waals surface area contributed by atoms with Crippen molar-refractivity contribution in [3.8, 4) is 0 Å². The van der Waals surface area contributed by atoms with Crippen LogP contribution in [0.25, 0.3) is 11.0 Å². The van der Waals surface area contributed by atoms with Crippen LogP contribution in [0.2, 0.25) is 0 Å². The zero-order valence-electron chi connectivity index (χ0n) is 29.6. The lowest BCUT2D eigenvalue weighted by molar-refractivity contribution is -0.154. The van der Waals surface area contributed by atoms with Crippen LogP contribution in [0.5, 0.6) is 0 Å². The third kappa shape index (κ3) is 9.53. The van der Waals surface area contributed by atoms with Gasteiger partial charge in [-0.05, 0) is 78.1 Å². The first-order valence-corrected chi connectivity index (χ1v) is 17.5. The summed E-state index contributed by atoms with van der Waals surface area (Å²) in [5, 5.41) is 7.86. The second-order valence-corrected chi connectivity index (χ2v) is 13.8. The van der Waals surface area contributed by atoms with Gasteiger partial charge in [0.15, 0.2) is 5.58 Å². The van der Waals surface area contributed by atoms with E-state index in [-0.39, 0.29) is 56.9 Å². The molecule has 4 heterocycles. The number of aromatic nitrogens is 3. The Morgan fingerprint density at radius 3 is 2.64 bits per heavy atom. The molecule has 1 amide bonds. The third-order valence-electron chi connectivity index (χ3n) is 9.65. The molecule has 276 valence electrons. The van der Waals surface area contributed by atoms with E-state index in [0.717, 1.165) is 62.0 Å².